The molecule has 2 saturated carbocycles. The van der Waals surface area contributed by atoms with Crippen LogP contribution in [0.3, 0.4) is 0 Å². The lowest BCUT2D eigenvalue weighted by molar-refractivity contribution is 0.161. The van der Waals surface area contributed by atoms with Crippen molar-refractivity contribution in [2.45, 2.75) is 71.4 Å². The predicted octanol–water partition coefficient (Wildman–Crippen LogP) is 3.28. The van der Waals surface area contributed by atoms with E-state index in [0.29, 0.717) is 11.5 Å². The first-order valence-electron chi connectivity index (χ1n) is 8.59. The van der Waals surface area contributed by atoms with E-state index in [-0.39, 0.29) is 0 Å². The monoisotopic (exact) mass is 264 g/mol. The van der Waals surface area contributed by atoms with Crippen molar-refractivity contribution in [3.63, 3.8) is 0 Å². The van der Waals surface area contributed by atoms with Crippen molar-refractivity contribution >= 4 is 0 Å². The smallest absolute Gasteiger partial charge is 0.0274 e. The summed E-state index contributed by atoms with van der Waals surface area (Å²) in [6.45, 7) is 11.2. The van der Waals surface area contributed by atoms with Crippen molar-refractivity contribution in [3.8, 4) is 0 Å². The van der Waals surface area contributed by atoms with E-state index in [2.05, 4.69) is 31.0 Å². The molecule has 0 aromatic rings. The molecule has 19 heavy (non-hydrogen) atoms. The van der Waals surface area contributed by atoms with Crippen molar-refractivity contribution in [2.75, 3.05) is 19.6 Å². The fourth-order valence-electron chi connectivity index (χ4n) is 5.01. The maximum absolute atomic E-state index is 3.87. The van der Waals surface area contributed by atoms with E-state index in [4.69, 9.17) is 0 Å². The second-order valence-corrected chi connectivity index (χ2v) is 7.93. The first-order valence-corrected chi connectivity index (χ1v) is 8.59. The van der Waals surface area contributed by atoms with Crippen LogP contribution in [0, 0.1) is 17.3 Å². The molecule has 2 aliphatic carbocycles. The molecule has 3 rings (SSSR count). The van der Waals surface area contributed by atoms with Crippen LogP contribution >= 0.6 is 0 Å². The molecule has 1 heterocycles. The summed E-state index contributed by atoms with van der Waals surface area (Å²) in [6.07, 6.45) is 8.56. The lowest BCUT2D eigenvalue weighted by Gasteiger charge is -2.36. The summed E-state index contributed by atoms with van der Waals surface area (Å²) in [6, 6.07) is 1.53. The van der Waals surface area contributed by atoms with Crippen LogP contribution in [0.15, 0.2) is 0 Å². The molecule has 3 aliphatic rings. The van der Waals surface area contributed by atoms with Crippen LogP contribution in [0.4, 0.5) is 0 Å². The maximum Gasteiger partial charge on any atom is 0.0274 e. The fraction of sp³-hybridized carbons (Fsp3) is 1.00. The number of nitrogens with one attached hydrogen (secondary N) is 1. The van der Waals surface area contributed by atoms with E-state index in [1.165, 1.54) is 58.2 Å². The lowest BCUT2D eigenvalue weighted by atomic mass is 9.86. The molecule has 1 aliphatic heterocycles. The van der Waals surface area contributed by atoms with Gasteiger partial charge in [-0.2, -0.15) is 0 Å². The van der Waals surface area contributed by atoms with Crippen LogP contribution in [0.25, 0.3) is 0 Å². The highest BCUT2D eigenvalue weighted by Crippen LogP contribution is 2.44. The van der Waals surface area contributed by atoms with Gasteiger partial charge in [-0.3, -0.25) is 4.90 Å². The van der Waals surface area contributed by atoms with E-state index in [0.717, 1.165) is 17.9 Å². The van der Waals surface area contributed by atoms with Gasteiger partial charge < -0.3 is 5.32 Å². The van der Waals surface area contributed by atoms with Gasteiger partial charge in [0.2, 0.25) is 0 Å². The number of likely N-dealkylation sites (tertiary alicyclic amines) is 1. The summed E-state index contributed by atoms with van der Waals surface area (Å²) >= 11 is 0. The molecule has 2 nitrogen and oxygen atoms in total. The Hall–Kier alpha value is -0.0800. The second-order valence-electron chi connectivity index (χ2n) is 7.93. The van der Waals surface area contributed by atoms with Crippen molar-refractivity contribution in [3.05, 3.63) is 0 Å². The Bertz CT molecular complexity index is 300. The number of hydrogen-bond donors (Lipinski definition) is 1. The van der Waals surface area contributed by atoms with Crippen molar-refractivity contribution in [1.29, 1.82) is 0 Å². The van der Waals surface area contributed by atoms with Gasteiger partial charge >= 0.3 is 0 Å². The zero-order valence-corrected chi connectivity index (χ0v) is 13.1. The van der Waals surface area contributed by atoms with Crippen LogP contribution in [0.5, 0.6) is 0 Å². The minimum atomic E-state index is 0.484. The fourth-order valence-corrected chi connectivity index (χ4v) is 5.01. The standard InChI is InChI=1S/C17H32N2/c1-4-10-18-16-15(8-9-17(16,2)3)19-11-13-6-5-7-14(13)12-19/h13-16,18H,4-12H2,1-3H3. The average molecular weight is 264 g/mol. The lowest BCUT2D eigenvalue weighted by Crippen LogP contribution is -2.51. The van der Waals surface area contributed by atoms with Gasteiger partial charge in [0.05, 0.1) is 0 Å². The summed E-state index contributed by atoms with van der Waals surface area (Å²) in [7, 11) is 0. The Kier molecular flexibility index (Phi) is 3.92. The first kappa shape index (κ1) is 13.9. The first-order chi connectivity index (χ1) is 9.12. The average Bonchev–Trinajstić information content (AvgIpc) is 2.99. The third kappa shape index (κ3) is 2.58. The molecular formula is C17H32N2. The maximum atomic E-state index is 3.87. The Balaban J connectivity index is 1.66. The molecule has 4 unspecified atom stereocenters. The largest absolute Gasteiger partial charge is 0.312 e. The van der Waals surface area contributed by atoms with Crippen LogP contribution in [0.2, 0.25) is 0 Å². The number of rotatable bonds is 4. The minimum Gasteiger partial charge on any atom is -0.312 e. The molecule has 0 bridgehead atoms. The Morgan fingerprint density at radius 3 is 2.42 bits per heavy atom. The zero-order chi connectivity index (χ0) is 13.5. The molecule has 0 amide bonds. The molecule has 0 spiro atoms. The zero-order valence-electron chi connectivity index (χ0n) is 13.1. The quantitative estimate of drug-likeness (QED) is 0.838. The molecule has 0 radical (unpaired) electrons. The van der Waals surface area contributed by atoms with Gasteiger partial charge in [0.1, 0.15) is 0 Å². The van der Waals surface area contributed by atoms with E-state index in [1.807, 2.05) is 0 Å². The highest BCUT2D eigenvalue weighted by molar-refractivity contribution is 5.03. The van der Waals surface area contributed by atoms with Crippen LogP contribution in [-0.2, 0) is 0 Å². The number of fused-ring (bicyclic) bond motifs is 1. The van der Waals surface area contributed by atoms with E-state index in [1.54, 1.807) is 0 Å². The van der Waals surface area contributed by atoms with Gasteiger partial charge in [-0.05, 0) is 55.9 Å². The topological polar surface area (TPSA) is 15.3 Å². The second kappa shape index (κ2) is 5.37. The number of hydrogen-bond acceptors (Lipinski definition) is 2. The normalized spacial score (nSPS) is 41.8. The summed E-state index contributed by atoms with van der Waals surface area (Å²) in [5.41, 5.74) is 0.484. The minimum absolute atomic E-state index is 0.484. The van der Waals surface area contributed by atoms with Gasteiger partial charge in [-0.1, -0.05) is 27.2 Å². The van der Waals surface area contributed by atoms with Crippen LogP contribution < -0.4 is 5.32 Å². The summed E-state index contributed by atoms with van der Waals surface area (Å²) < 4.78 is 0. The number of nitrogens with zero attached hydrogens (tertiary/aromatic N) is 1. The molecule has 0 aromatic carbocycles. The third-order valence-electron chi connectivity index (χ3n) is 6.15. The van der Waals surface area contributed by atoms with E-state index < -0.39 is 0 Å². The van der Waals surface area contributed by atoms with Gasteiger partial charge in [0, 0.05) is 25.2 Å². The SMILES string of the molecule is CCCNC1C(N2CC3CCCC3C2)CCC1(C)C. The summed E-state index contributed by atoms with van der Waals surface area (Å²) in [4.78, 5) is 2.86. The Morgan fingerprint density at radius 2 is 1.79 bits per heavy atom. The van der Waals surface area contributed by atoms with Gasteiger partial charge in [-0.25, -0.2) is 0 Å². The molecule has 4 atom stereocenters. The molecule has 1 N–H and O–H groups in total. The van der Waals surface area contributed by atoms with Crippen molar-refractivity contribution < 1.29 is 0 Å². The van der Waals surface area contributed by atoms with Gasteiger partial charge in [0.15, 0.2) is 0 Å². The van der Waals surface area contributed by atoms with E-state index in [9.17, 15) is 0 Å². The van der Waals surface area contributed by atoms with Crippen molar-refractivity contribution in [1.82, 2.24) is 10.2 Å². The highest BCUT2D eigenvalue weighted by atomic mass is 15.2. The highest BCUT2D eigenvalue weighted by Gasteiger charge is 2.47. The van der Waals surface area contributed by atoms with E-state index >= 15 is 0 Å². The molecule has 2 heteroatoms. The Morgan fingerprint density at radius 1 is 1.11 bits per heavy atom. The Labute approximate surface area is 119 Å². The van der Waals surface area contributed by atoms with Crippen LogP contribution in [-0.4, -0.2) is 36.6 Å². The predicted molar refractivity (Wildman–Crippen MR) is 81.3 cm³/mol. The summed E-state index contributed by atoms with van der Waals surface area (Å²) in [5.74, 6) is 2.08. The molecule has 1 saturated heterocycles. The van der Waals surface area contributed by atoms with Crippen molar-refractivity contribution in [2.24, 2.45) is 17.3 Å². The van der Waals surface area contributed by atoms with Gasteiger partial charge in [-0.15, -0.1) is 0 Å². The molecule has 0 aromatic heterocycles. The summed E-state index contributed by atoms with van der Waals surface area (Å²) in [5, 5.41) is 3.87. The van der Waals surface area contributed by atoms with Crippen LogP contribution in [0.1, 0.15) is 59.3 Å². The third-order valence-corrected chi connectivity index (χ3v) is 6.15. The molecule has 3 fully saturated rings. The molecule has 110 valence electrons. The molecular weight excluding hydrogens is 232 g/mol. The van der Waals surface area contributed by atoms with Gasteiger partial charge in [0.25, 0.3) is 0 Å².